The van der Waals surface area contributed by atoms with Crippen LogP contribution in [0, 0.1) is 11.6 Å². The Labute approximate surface area is 182 Å². The average Bonchev–Trinajstić information content (AvgIpc) is 2.74. The van der Waals surface area contributed by atoms with E-state index in [1.54, 1.807) is 24.3 Å². The molecule has 3 rings (SSSR count). The molecule has 0 fully saturated rings. The predicted molar refractivity (Wildman–Crippen MR) is 114 cm³/mol. The largest absolute Gasteiger partial charge is 0.507 e. The number of halogens is 4. The molecule has 0 radical (unpaired) electrons. The minimum Gasteiger partial charge on any atom is -0.507 e. The quantitative estimate of drug-likeness (QED) is 0.490. The Bertz CT molecular complexity index is 1020. The van der Waals surface area contributed by atoms with Crippen LogP contribution in [0.3, 0.4) is 0 Å². The molecule has 0 atom stereocenters. The molecule has 0 bridgehead atoms. The van der Waals surface area contributed by atoms with Crippen LogP contribution in [0.5, 0.6) is 11.5 Å². The van der Waals surface area contributed by atoms with Gasteiger partial charge in [0.1, 0.15) is 18.1 Å². The molecule has 3 aromatic carbocycles. The maximum absolute atomic E-state index is 13.6. The highest BCUT2D eigenvalue weighted by Gasteiger charge is 2.13. The van der Waals surface area contributed by atoms with Gasteiger partial charge in [0.15, 0.2) is 17.9 Å². The summed E-state index contributed by atoms with van der Waals surface area (Å²) >= 11 is 12.6. The van der Waals surface area contributed by atoms with Gasteiger partial charge in [-0.1, -0.05) is 35.3 Å². The number of carbonyl (C=O) groups is 1. The molecular weight excluding hydrogens is 435 g/mol. The minimum absolute atomic E-state index is 0.0652. The van der Waals surface area contributed by atoms with Gasteiger partial charge in [0.2, 0.25) is 0 Å². The molecule has 30 heavy (non-hydrogen) atoms. The number of hydrogen-bond donors (Lipinski definition) is 2. The van der Waals surface area contributed by atoms with Gasteiger partial charge in [-0.15, -0.1) is 0 Å². The smallest absolute Gasteiger partial charge is 0.159 e. The van der Waals surface area contributed by atoms with Crippen molar-refractivity contribution in [2.45, 2.75) is 6.42 Å². The summed E-state index contributed by atoms with van der Waals surface area (Å²) in [6.45, 7) is -0.110. The Kier molecular flexibility index (Phi) is 8.59. The monoisotopic (exact) mass is 453 g/mol. The fourth-order valence-electron chi connectivity index (χ4n) is 2.75. The average molecular weight is 454 g/mol. The molecule has 0 aliphatic rings. The zero-order valence-corrected chi connectivity index (χ0v) is 17.5. The van der Waals surface area contributed by atoms with Crippen LogP contribution in [0.25, 0.3) is 11.1 Å². The highest BCUT2D eigenvalue weighted by atomic mass is 35.5. The summed E-state index contributed by atoms with van der Waals surface area (Å²) in [5.41, 5.74) is 6.58. The molecule has 0 heterocycles. The fourth-order valence-corrected chi connectivity index (χ4v) is 3.36. The molecule has 0 saturated heterocycles. The van der Waals surface area contributed by atoms with Crippen molar-refractivity contribution in [3.8, 4) is 22.6 Å². The molecular formula is C22H19Cl2F2NO3. The Balaban J connectivity index is 0.00000155. The summed E-state index contributed by atoms with van der Waals surface area (Å²) in [7, 11) is 1.50. The molecule has 8 heteroatoms. The van der Waals surface area contributed by atoms with E-state index in [-0.39, 0.29) is 12.4 Å². The van der Waals surface area contributed by atoms with E-state index < -0.39 is 11.6 Å². The second-order valence-corrected chi connectivity index (χ2v) is 6.81. The summed E-state index contributed by atoms with van der Waals surface area (Å²) in [6.07, 6.45) is 0.953. The van der Waals surface area contributed by atoms with Crippen molar-refractivity contribution in [1.29, 1.82) is 0 Å². The minimum atomic E-state index is -1.00. The van der Waals surface area contributed by atoms with Crippen molar-refractivity contribution in [2.24, 2.45) is 5.73 Å². The zero-order valence-electron chi connectivity index (χ0n) is 16.0. The lowest BCUT2D eigenvalue weighted by Crippen LogP contribution is -1.99. The fraction of sp³-hybridized carbons (Fsp3) is 0.136. The highest BCUT2D eigenvalue weighted by molar-refractivity contribution is 6.36. The number of rotatable bonds is 6. The third kappa shape index (κ3) is 5.69. The van der Waals surface area contributed by atoms with Gasteiger partial charge in [-0.25, -0.2) is 8.78 Å². The molecule has 0 unspecified atom stereocenters. The van der Waals surface area contributed by atoms with E-state index in [9.17, 15) is 18.7 Å². The number of phenols is 1. The molecule has 0 amide bonds. The van der Waals surface area contributed by atoms with Crippen molar-refractivity contribution in [1.82, 2.24) is 0 Å². The van der Waals surface area contributed by atoms with E-state index in [1.165, 1.54) is 19.2 Å². The molecule has 158 valence electrons. The first-order valence-corrected chi connectivity index (χ1v) is 9.54. The topological polar surface area (TPSA) is 72.6 Å². The number of carbonyl (C=O) groups excluding carboxylic acids is 1. The SMILES string of the molecule is CN.O=CCOc1cc(Cl)c(Cc2ccc(O)c(-c3ccc(F)c(F)c3)c2)c(Cl)c1. The van der Waals surface area contributed by atoms with Gasteiger partial charge in [0.05, 0.1) is 0 Å². The van der Waals surface area contributed by atoms with E-state index in [1.807, 2.05) is 0 Å². The Hall–Kier alpha value is -2.67. The first-order valence-electron chi connectivity index (χ1n) is 8.78. The summed E-state index contributed by atoms with van der Waals surface area (Å²) in [5.74, 6) is -1.65. The Morgan fingerprint density at radius 3 is 2.27 bits per heavy atom. The summed E-state index contributed by atoms with van der Waals surface area (Å²) in [4.78, 5) is 10.4. The molecule has 3 N–H and O–H groups in total. The summed E-state index contributed by atoms with van der Waals surface area (Å²) < 4.78 is 31.9. The van der Waals surface area contributed by atoms with Crippen molar-refractivity contribution in [3.05, 3.63) is 81.3 Å². The molecule has 4 nitrogen and oxygen atoms in total. The van der Waals surface area contributed by atoms with E-state index in [4.69, 9.17) is 27.9 Å². The van der Waals surface area contributed by atoms with Crippen molar-refractivity contribution in [3.63, 3.8) is 0 Å². The number of ether oxygens (including phenoxy) is 1. The van der Waals surface area contributed by atoms with E-state index in [2.05, 4.69) is 5.73 Å². The van der Waals surface area contributed by atoms with Gasteiger partial charge in [-0.2, -0.15) is 0 Å². The van der Waals surface area contributed by atoms with Gasteiger partial charge in [-0.05, 0) is 60.1 Å². The predicted octanol–water partition coefficient (Wildman–Crippen LogP) is 5.39. The number of benzene rings is 3. The van der Waals surface area contributed by atoms with Crippen LogP contribution in [0.1, 0.15) is 11.1 Å². The van der Waals surface area contributed by atoms with Gasteiger partial charge in [-0.3, -0.25) is 4.79 Å². The first-order chi connectivity index (χ1) is 14.4. The van der Waals surface area contributed by atoms with Gasteiger partial charge in [0.25, 0.3) is 0 Å². The number of aldehydes is 1. The number of hydrogen-bond acceptors (Lipinski definition) is 4. The molecule has 3 aromatic rings. The van der Waals surface area contributed by atoms with Crippen LogP contribution in [0.2, 0.25) is 10.0 Å². The van der Waals surface area contributed by atoms with Crippen LogP contribution in [-0.4, -0.2) is 25.0 Å². The van der Waals surface area contributed by atoms with Gasteiger partial charge >= 0.3 is 0 Å². The Morgan fingerprint density at radius 1 is 1.00 bits per heavy atom. The lowest BCUT2D eigenvalue weighted by molar-refractivity contribution is -0.109. The second kappa shape index (κ2) is 10.9. The van der Waals surface area contributed by atoms with Crippen LogP contribution in [-0.2, 0) is 11.2 Å². The first kappa shape index (κ1) is 23.6. The van der Waals surface area contributed by atoms with Crippen molar-refractivity contribution in [2.75, 3.05) is 13.7 Å². The molecule has 0 spiro atoms. The second-order valence-electron chi connectivity index (χ2n) is 6.00. The van der Waals surface area contributed by atoms with E-state index in [0.29, 0.717) is 45.2 Å². The Morgan fingerprint density at radius 2 is 1.67 bits per heavy atom. The summed E-state index contributed by atoms with van der Waals surface area (Å²) in [5, 5.41) is 10.8. The van der Waals surface area contributed by atoms with Crippen LogP contribution >= 0.6 is 23.2 Å². The maximum Gasteiger partial charge on any atom is 0.159 e. The lowest BCUT2D eigenvalue weighted by Gasteiger charge is -2.12. The third-order valence-corrected chi connectivity index (χ3v) is 4.78. The molecule has 0 aliphatic carbocycles. The lowest BCUT2D eigenvalue weighted by atomic mass is 9.98. The van der Waals surface area contributed by atoms with Crippen LogP contribution < -0.4 is 10.5 Å². The number of aromatic hydroxyl groups is 1. The number of phenolic OH excluding ortho intramolecular Hbond substituents is 1. The molecule has 0 saturated carbocycles. The molecule has 0 aromatic heterocycles. The zero-order chi connectivity index (χ0) is 22.3. The highest BCUT2D eigenvalue weighted by Crippen LogP contribution is 2.35. The van der Waals surface area contributed by atoms with Gasteiger partial charge < -0.3 is 15.6 Å². The van der Waals surface area contributed by atoms with Crippen LogP contribution in [0.4, 0.5) is 8.78 Å². The summed E-state index contributed by atoms with van der Waals surface area (Å²) in [6, 6.07) is 11.3. The van der Waals surface area contributed by atoms with Crippen molar-refractivity contribution >= 4 is 29.5 Å². The van der Waals surface area contributed by atoms with E-state index >= 15 is 0 Å². The number of nitrogens with two attached hydrogens (primary N) is 1. The standard InChI is InChI=1S/C21H14Cl2F2O3.CH5N/c22-17-10-14(28-6-5-26)11-18(23)16(17)8-12-1-4-21(27)15(7-12)13-2-3-19(24)20(25)9-13;1-2/h1-5,7,9-11,27H,6,8H2;2H2,1H3. The van der Waals surface area contributed by atoms with E-state index in [0.717, 1.165) is 17.7 Å². The third-order valence-electron chi connectivity index (χ3n) is 4.11. The van der Waals surface area contributed by atoms with Gasteiger partial charge in [0, 0.05) is 22.0 Å². The van der Waals surface area contributed by atoms with Crippen LogP contribution in [0.15, 0.2) is 48.5 Å². The van der Waals surface area contributed by atoms with Crippen molar-refractivity contribution < 1.29 is 23.4 Å². The maximum atomic E-state index is 13.6. The normalized spacial score (nSPS) is 10.2. The molecule has 0 aliphatic heterocycles.